The molecule has 3 aromatic rings. The van der Waals surface area contributed by atoms with Gasteiger partial charge in [0.1, 0.15) is 0 Å². The van der Waals surface area contributed by atoms with Gasteiger partial charge < -0.3 is 5.32 Å². The number of sulfone groups is 1. The van der Waals surface area contributed by atoms with Gasteiger partial charge >= 0.3 is 0 Å². The topological polar surface area (TPSA) is 87.0 Å². The molecule has 0 bridgehead atoms. The number of halogens is 1. The predicted octanol–water partition coefficient (Wildman–Crippen LogP) is 4.91. The van der Waals surface area contributed by atoms with Crippen molar-refractivity contribution < 1.29 is 13.2 Å². The van der Waals surface area contributed by atoms with E-state index in [1.807, 2.05) is 11.4 Å². The number of anilines is 1. The second-order valence-corrected chi connectivity index (χ2v) is 9.88. The summed E-state index contributed by atoms with van der Waals surface area (Å²) in [7, 11) is -3.25. The van der Waals surface area contributed by atoms with Crippen molar-refractivity contribution >= 4 is 43.7 Å². The number of nitrogens with zero attached hydrogens (tertiary/aromatic N) is 1. The lowest BCUT2D eigenvalue weighted by atomic mass is 10.1. The maximum atomic E-state index is 12.3. The largest absolute Gasteiger partial charge is 0.317 e. The van der Waals surface area contributed by atoms with E-state index in [0.29, 0.717) is 15.6 Å². The number of thiophene rings is 1. The van der Waals surface area contributed by atoms with E-state index in [1.165, 1.54) is 23.5 Å². The van der Waals surface area contributed by atoms with Gasteiger partial charge in [0.2, 0.25) is 5.91 Å². The molecule has 1 heterocycles. The third-order valence-electron chi connectivity index (χ3n) is 4.30. The molecule has 1 aromatic heterocycles. The molecule has 0 saturated heterocycles. The van der Waals surface area contributed by atoms with E-state index < -0.39 is 9.84 Å². The van der Waals surface area contributed by atoms with E-state index in [4.69, 9.17) is 16.9 Å². The van der Waals surface area contributed by atoms with Crippen molar-refractivity contribution in [1.29, 1.82) is 5.26 Å². The summed E-state index contributed by atoms with van der Waals surface area (Å²) in [4.78, 5) is 12.6. The Morgan fingerprint density at radius 1 is 1.17 bits per heavy atom. The zero-order valence-corrected chi connectivity index (χ0v) is 17.9. The van der Waals surface area contributed by atoms with Crippen molar-refractivity contribution in [1.82, 2.24) is 0 Å². The summed E-state index contributed by atoms with van der Waals surface area (Å²) in [5.74, 6) is -0.171. The van der Waals surface area contributed by atoms with Crippen LogP contribution in [0.15, 0.2) is 58.8 Å². The molecule has 3 rings (SSSR count). The summed E-state index contributed by atoms with van der Waals surface area (Å²) in [5.41, 5.74) is 2.78. The number of carbonyl (C=O) groups excluding carboxylic acids is 1. The molecule has 0 atom stereocenters. The van der Waals surface area contributed by atoms with E-state index >= 15 is 0 Å². The Morgan fingerprint density at radius 2 is 1.90 bits per heavy atom. The van der Waals surface area contributed by atoms with Crippen molar-refractivity contribution in [3.8, 4) is 17.2 Å². The first kappa shape index (κ1) is 21.1. The molecule has 0 radical (unpaired) electrons. The highest BCUT2D eigenvalue weighted by atomic mass is 35.5. The lowest BCUT2D eigenvalue weighted by molar-refractivity contribution is -0.115. The van der Waals surface area contributed by atoms with Crippen LogP contribution in [0.1, 0.15) is 18.1 Å². The molecule has 148 valence electrons. The fourth-order valence-corrected chi connectivity index (χ4v) is 4.63. The molecule has 8 heteroatoms. The van der Waals surface area contributed by atoms with Gasteiger partial charge in [-0.25, -0.2) is 8.42 Å². The van der Waals surface area contributed by atoms with Crippen LogP contribution in [-0.4, -0.2) is 20.1 Å². The van der Waals surface area contributed by atoms with Gasteiger partial charge in [0.15, 0.2) is 9.84 Å². The minimum atomic E-state index is -3.25. The van der Waals surface area contributed by atoms with E-state index in [9.17, 15) is 13.2 Å². The SMILES string of the molecule is CCS(=O)(=O)c1ccc(CC(=O)Nc2cc(-c3cc(C#N)ccc3Cl)cs2)cc1. The number of benzene rings is 2. The van der Waals surface area contributed by atoms with Gasteiger partial charge in [0.25, 0.3) is 0 Å². The molecule has 1 N–H and O–H groups in total. The molecule has 0 aliphatic rings. The van der Waals surface area contributed by atoms with Gasteiger partial charge in [0, 0.05) is 16.0 Å². The number of nitriles is 1. The quantitative estimate of drug-likeness (QED) is 0.584. The van der Waals surface area contributed by atoms with E-state index in [-0.39, 0.29) is 23.0 Å². The molecule has 0 saturated carbocycles. The van der Waals surface area contributed by atoms with Gasteiger partial charge in [-0.3, -0.25) is 4.79 Å². The van der Waals surface area contributed by atoms with Crippen LogP contribution in [0.5, 0.6) is 0 Å². The van der Waals surface area contributed by atoms with Crippen LogP contribution in [0.25, 0.3) is 11.1 Å². The molecule has 0 aliphatic carbocycles. The first-order valence-corrected chi connectivity index (χ1v) is 11.6. The normalized spacial score (nSPS) is 11.1. The van der Waals surface area contributed by atoms with Crippen LogP contribution in [0.4, 0.5) is 5.00 Å². The predicted molar refractivity (Wildman–Crippen MR) is 116 cm³/mol. The van der Waals surface area contributed by atoms with Gasteiger partial charge in [0.05, 0.1) is 33.7 Å². The number of hydrogen-bond acceptors (Lipinski definition) is 5. The molecule has 1 amide bonds. The van der Waals surface area contributed by atoms with Crippen LogP contribution in [0, 0.1) is 11.3 Å². The summed E-state index contributed by atoms with van der Waals surface area (Å²) >= 11 is 7.59. The van der Waals surface area contributed by atoms with Gasteiger partial charge in [-0.1, -0.05) is 30.7 Å². The summed E-state index contributed by atoms with van der Waals surface area (Å²) < 4.78 is 23.7. The van der Waals surface area contributed by atoms with Crippen molar-refractivity contribution in [3.63, 3.8) is 0 Å². The fourth-order valence-electron chi connectivity index (χ4n) is 2.71. The minimum Gasteiger partial charge on any atom is -0.317 e. The Hall–Kier alpha value is -2.66. The molecule has 0 unspecified atom stereocenters. The van der Waals surface area contributed by atoms with Gasteiger partial charge in [-0.05, 0) is 47.5 Å². The number of hydrogen-bond donors (Lipinski definition) is 1. The smallest absolute Gasteiger partial charge is 0.229 e. The molecular formula is C21H17ClN2O3S2. The van der Waals surface area contributed by atoms with Crippen LogP contribution in [-0.2, 0) is 21.1 Å². The molecule has 2 aromatic carbocycles. The summed E-state index contributed by atoms with van der Waals surface area (Å²) in [5, 5.41) is 15.0. The van der Waals surface area contributed by atoms with E-state index in [1.54, 1.807) is 37.3 Å². The van der Waals surface area contributed by atoms with Gasteiger partial charge in [-0.15, -0.1) is 11.3 Å². The lowest BCUT2D eigenvalue weighted by Crippen LogP contribution is -2.13. The molecule has 0 fully saturated rings. The average molecular weight is 445 g/mol. The van der Waals surface area contributed by atoms with Crippen LogP contribution in [0.3, 0.4) is 0 Å². The van der Waals surface area contributed by atoms with Crippen LogP contribution >= 0.6 is 22.9 Å². The Labute approximate surface area is 178 Å². The highest BCUT2D eigenvalue weighted by Gasteiger charge is 2.13. The summed E-state index contributed by atoms with van der Waals surface area (Å²) in [6.45, 7) is 1.59. The average Bonchev–Trinajstić information content (AvgIpc) is 3.16. The number of rotatable bonds is 6. The van der Waals surface area contributed by atoms with Crippen molar-refractivity contribution in [3.05, 3.63) is 70.1 Å². The van der Waals surface area contributed by atoms with Crippen molar-refractivity contribution in [2.24, 2.45) is 0 Å². The standard InChI is InChI=1S/C21H17ClN2O3S2/c1-2-29(26,27)17-6-3-14(4-7-17)10-20(25)24-21-11-16(13-28-21)18-9-15(12-23)5-8-19(18)22/h3-9,11,13H,2,10H2,1H3,(H,24,25). The summed E-state index contributed by atoms with van der Waals surface area (Å²) in [6, 6.07) is 15.3. The first-order chi connectivity index (χ1) is 13.8. The zero-order valence-electron chi connectivity index (χ0n) is 15.5. The molecule has 29 heavy (non-hydrogen) atoms. The maximum absolute atomic E-state index is 12.3. The Balaban J connectivity index is 1.69. The maximum Gasteiger partial charge on any atom is 0.229 e. The van der Waals surface area contributed by atoms with Crippen LogP contribution < -0.4 is 5.32 Å². The molecule has 5 nitrogen and oxygen atoms in total. The van der Waals surface area contributed by atoms with Crippen molar-refractivity contribution in [2.75, 3.05) is 11.1 Å². The lowest BCUT2D eigenvalue weighted by Gasteiger charge is -2.05. The second kappa shape index (κ2) is 8.78. The molecular weight excluding hydrogens is 428 g/mol. The highest BCUT2D eigenvalue weighted by molar-refractivity contribution is 7.91. The van der Waals surface area contributed by atoms with Crippen LogP contribution in [0.2, 0.25) is 5.02 Å². The third-order valence-corrected chi connectivity index (χ3v) is 7.22. The Kier molecular flexibility index (Phi) is 6.38. The third kappa shape index (κ3) is 5.04. The fraction of sp³-hybridized carbons (Fsp3) is 0.143. The Bertz CT molecular complexity index is 1190. The monoisotopic (exact) mass is 444 g/mol. The zero-order chi connectivity index (χ0) is 21.0. The van der Waals surface area contributed by atoms with Gasteiger partial charge in [-0.2, -0.15) is 5.26 Å². The minimum absolute atomic E-state index is 0.0365. The first-order valence-electron chi connectivity index (χ1n) is 8.72. The van der Waals surface area contributed by atoms with Crippen molar-refractivity contribution in [2.45, 2.75) is 18.2 Å². The summed E-state index contributed by atoms with van der Waals surface area (Å²) in [6.07, 6.45) is 0.129. The van der Waals surface area contributed by atoms with E-state index in [0.717, 1.165) is 16.7 Å². The highest BCUT2D eigenvalue weighted by Crippen LogP contribution is 2.34. The number of nitrogens with one attached hydrogen (secondary N) is 1. The number of carbonyl (C=O) groups is 1. The number of amides is 1. The van der Waals surface area contributed by atoms with E-state index in [2.05, 4.69) is 11.4 Å². The Morgan fingerprint density at radius 3 is 2.55 bits per heavy atom. The molecule has 0 spiro atoms. The second-order valence-electron chi connectivity index (χ2n) is 6.28. The molecule has 0 aliphatic heterocycles.